The first-order chi connectivity index (χ1) is 11.3. The molecule has 0 aromatic carbocycles. The van der Waals surface area contributed by atoms with Gasteiger partial charge in [0, 0.05) is 44.8 Å². The summed E-state index contributed by atoms with van der Waals surface area (Å²) in [6, 6.07) is 0.267. The molecule has 2 saturated heterocycles. The van der Waals surface area contributed by atoms with Crippen LogP contribution in [0.4, 0.5) is 0 Å². The fourth-order valence-corrected chi connectivity index (χ4v) is 5.15. The predicted molar refractivity (Wildman–Crippen MR) is 94.8 cm³/mol. The smallest absolute Gasteiger partial charge is 0.282 e. The molecule has 0 unspecified atom stereocenters. The number of piperazine rings is 1. The molecule has 0 radical (unpaired) electrons. The molecular weight excluding hydrogens is 328 g/mol. The first kappa shape index (κ1) is 19.6. The third-order valence-corrected chi connectivity index (χ3v) is 7.24. The molecule has 0 aromatic heterocycles. The maximum atomic E-state index is 12.8. The lowest BCUT2D eigenvalue weighted by Gasteiger charge is -2.39. The number of piperidine rings is 1. The summed E-state index contributed by atoms with van der Waals surface area (Å²) in [6.07, 6.45) is 3.90. The number of hydrogen-bond acceptors (Lipinski definition) is 4. The molecule has 7 nitrogen and oxygen atoms in total. The third kappa shape index (κ3) is 4.91. The van der Waals surface area contributed by atoms with Gasteiger partial charge in [0.2, 0.25) is 5.91 Å². The van der Waals surface area contributed by atoms with Crippen molar-refractivity contribution in [1.82, 2.24) is 18.8 Å². The molecule has 0 saturated carbocycles. The van der Waals surface area contributed by atoms with Crippen LogP contribution in [0.2, 0.25) is 0 Å². The first-order valence-electron chi connectivity index (χ1n) is 9.13. The Morgan fingerprint density at radius 1 is 1.17 bits per heavy atom. The second-order valence-corrected chi connectivity index (χ2v) is 8.90. The van der Waals surface area contributed by atoms with Gasteiger partial charge in [-0.2, -0.15) is 17.0 Å². The van der Waals surface area contributed by atoms with Gasteiger partial charge in [-0.15, -0.1) is 0 Å². The SMILES string of the molecule is CC[C@@H](C)NC(=O)CN1CCN(S(=O)(=O)N2CCCC[C@H]2C)CC1. The Morgan fingerprint density at radius 3 is 2.42 bits per heavy atom. The van der Waals surface area contributed by atoms with Gasteiger partial charge in [-0.3, -0.25) is 9.69 Å². The van der Waals surface area contributed by atoms with E-state index in [4.69, 9.17) is 0 Å². The van der Waals surface area contributed by atoms with Crippen molar-refractivity contribution in [1.29, 1.82) is 0 Å². The Morgan fingerprint density at radius 2 is 1.83 bits per heavy atom. The lowest BCUT2D eigenvalue weighted by Crippen LogP contribution is -2.56. The molecule has 2 rings (SSSR count). The largest absolute Gasteiger partial charge is 0.353 e. The van der Waals surface area contributed by atoms with Crippen LogP contribution >= 0.6 is 0 Å². The minimum atomic E-state index is -3.37. The maximum absolute atomic E-state index is 12.8. The van der Waals surface area contributed by atoms with E-state index < -0.39 is 10.2 Å². The van der Waals surface area contributed by atoms with E-state index in [1.807, 2.05) is 25.7 Å². The second-order valence-electron chi connectivity index (χ2n) is 7.02. The Balaban J connectivity index is 1.84. The van der Waals surface area contributed by atoms with Crippen molar-refractivity contribution in [2.45, 2.75) is 58.5 Å². The minimum Gasteiger partial charge on any atom is -0.353 e. The summed E-state index contributed by atoms with van der Waals surface area (Å²) in [5.41, 5.74) is 0. The van der Waals surface area contributed by atoms with E-state index >= 15 is 0 Å². The Hall–Kier alpha value is -0.700. The van der Waals surface area contributed by atoms with Gasteiger partial charge in [0.1, 0.15) is 0 Å². The van der Waals surface area contributed by atoms with E-state index in [9.17, 15) is 13.2 Å². The molecule has 2 aliphatic heterocycles. The number of carbonyl (C=O) groups is 1. The van der Waals surface area contributed by atoms with E-state index in [0.29, 0.717) is 39.3 Å². The number of carbonyl (C=O) groups excluding carboxylic acids is 1. The molecule has 24 heavy (non-hydrogen) atoms. The molecule has 2 atom stereocenters. The lowest BCUT2D eigenvalue weighted by atomic mass is 10.1. The molecule has 0 bridgehead atoms. The van der Waals surface area contributed by atoms with Crippen LogP contribution in [0.5, 0.6) is 0 Å². The van der Waals surface area contributed by atoms with Crippen molar-refractivity contribution < 1.29 is 13.2 Å². The van der Waals surface area contributed by atoms with Crippen LogP contribution in [0.25, 0.3) is 0 Å². The minimum absolute atomic E-state index is 0.0188. The summed E-state index contributed by atoms with van der Waals surface area (Å²) in [5.74, 6) is 0.0188. The Labute approximate surface area is 146 Å². The Kier molecular flexibility index (Phi) is 7.03. The standard InChI is InChI=1S/C16H32N4O3S/c1-4-14(2)17-16(21)13-18-9-11-19(12-10-18)24(22,23)20-8-6-5-7-15(20)3/h14-15H,4-13H2,1-3H3,(H,17,21)/t14-,15-/m1/s1. The highest BCUT2D eigenvalue weighted by Crippen LogP contribution is 2.23. The van der Waals surface area contributed by atoms with Gasteiger partial charge in [-0.25, -0.2) is 0 Å². The second kappa shape index (κ2) is 8.60. The molecule has 140 valence electrons. The molecule has 1 N–H and O–H groups in total. The van der Waals surface area contributed by atoms with Gasteiger partial charge in [0.05, 0.1) is 6.54 Å². The van der Waals surface area contributed by atoms with Crippen molar-refractivity contribution in [2.75, 3.05) is 39.3 Å². The van der Waals surface area contributed by atoms with Crippen molar-refractivity contribution >= 4 is 16.1 Å². The third-order valence-electron chi connectivity index (χ3n) is 5.08. The average molecular weight is 361 g/mol. The van der Waals surface area contributed by atoms with Crippen LogP contribution in [0.15, 0.2) is 0 Å². The number of hydrogen-bond donors (Lipinski definition) is 1. The van der Waals surface area contributed by atoms with E-state index in [1.54, 1.807) is 8.61 Å². The molecule has 8 heteroatoms. The highest BCUT2D eigenvalue weighted by atomic mass is 32.2. The topological polar surface area (TPSA) is 73.0 Å². The van der Waals surface area contributed by atoms with Crippen LogP contribution in [0.1, 0.15) is 46.5 Å². The van der Waals surface area contributed by atoms with Gasteiger partial charge >= 0.3 is 0 Å². The summed E-state index contributed by atoms with van der Waals surface area (Å²) in [7, 11) is -3.37. The fourth-order valence-electron chi connectivity index (χ4n) is 3.31. The highest BCUT2D eigenvalue weighted by molar-refractivity contribution is 7.86. The lowest BCUT2D eigenvalue weighted by molar-refractivity contribution is -0.123. The molecule has 1 amide bonds. The van der Waals surface area contributed by atoms with Crippen LogP contribution in [-0.4, -0.2) is 79.2 Å². The van der Waals surface area contributed by atoms with Crippen LogP contribution in [0, 0.1) is 0 Å². The number of rotatable bonds is 6. The zero-order valence-electron chi connectivity index (χ0n) is 15.2. The van der Waals surface area contributed by atoms with Gasteiger partial charge in [0.25, 0.3) is 10.2 Å². The zero-order chi connectivity index (χ0) is 17.7. The van der Waals surface area contributed by atoms with Gasteiger partial charge in [-0.05, 0) is 33.1 Å². The molecule has 0 aromatic rings. The van der Waals surface area contributed by atoms with Crippen molar-refractivity contribution in [2.24, 2.45) is 0 Å². The monoisotopic (exact) mass is 360 g/mol. The maximum Gasteiger partial charge on any atom is 0.282 e. The van der Waals surface area contributed by atoms with Crippen LogP contribution in [-0.2, 0) is 15.0 Å². The molecule has 0 spiro atoms. The van der Waals surface area contributed by atoms with Crippen LogP contribution in [0.3, 0.4) is 0 Å². The molecule has 2 aliphatic rings. The number of amides is 1. The predicted octanol–water partition coefficient (Wildman–Crippen LogP) is 0.638. The average Bonchev–Trinajstić information content (AvgIpc) is 2.55. The highest BCUT2D eigenvalue weighted by Gasteiger charge is 2.36. The van der Waals surface area contributed by atoms with E-state index in [-0.39, 0.29) is 18.0 Å². The van der Waals surface area contributed by atoms with Crippen molar-refractivity contribution in [3.05, 3.63) is 0 Å². The molecule has 2 heterocycles. The molecule has 2 fully saturated rings. The summed E-state index contributed by atoms with van der Waals surface area (Å²) < 4.78 is 28.9. The van der Waals surface area contributed by atoms with E-state index in [1.165, 1.54) is 0 Å². The summed E-state index contributed by atoms with van der Waals surface area (Å²) in [4.78, 5) is 14.0. The quantitative estimate of drug-likeness (QED) is 0.754. The molecular formula is C16H32N4O3S. The number of nitrogens with zero attached hydrogens (tertiary/aromatic N) is 3. The molecule has 0 aliphatic carbocycles. The van der Waals surface area contributed by atoms with E-state index in [0.717, 1.165) is 25.7 Å². The normalized spacial score (nSPS) is 26.2. The van der Waals surface area contributed by atoms with Gasteiger partial charge in [0.15, 0.2) is 0 Å². The van der Waals surface area contributed by atoms with Gasteiger partial charge < -0.3 is 5.32 Å². The Bertz CT molecular complexity index is 517. The number of nitrogens with one attached hydrogen (secondary N) is 1. The fraction of sp³-hybridized carbons (Fsp3) is 0.938. The summed E-state index contributed by atoms with van der Waals surface area (Å²) >= 11 is 0. The first-order valence-corrected chi connectivity index (χ1v) is 10.5. The van der Waals surface area contributed by atoms with Crippen molar-refractivity contribution in [3.8, 4) is 0 Å². The van der Waals surface area contributed by atoms with Gasteiger partial charge in [-0.1, -0.05) is 13.3 Å². The zero-order valence-corrected chi connectivity index (χ0v) is 16.0. The van der Waals surface area contributed by atoms with Crippen LogP contribution < -0.4 is 5.32 Å². The van der Waals surface area contributed by atoms with E-state index in [2.05, 4.69) is 5.32 Å². The van der Waals surface area contributed by atoms with Crippen molar-refractivity contribution in [3.63, 3.8) is 0 Å². The summed E-state index contributed by atoms with van der Waals surface area (Å²) in [6.45, 7) is 9.12. The summed E-state index contributed by atoms with van der Waals surface area (Å²) in [5, 5.41) is 2.96.